The Morgan fingerprint density at radius 3 is 2.71 bits per heavy atom. The first kappa shape index (κ1) is 13.4. The minimum atomic E-state index is -0.420. The number of anilines is 1. The van der Waals surface area contributed by atoms with Gasteiger partial charge in [0.05, 0.1) is 17.7 Å². The van der Waals surface area contributed by atoms with Crippen LogP contribution in [0.1, 0.15) is 24.2 Å². The second-order valence-corrected chi connectivity index (χ2v) is 4.35. The molecular weight excluding hydrogens is 220 g/mol. The van der Waals surface area contributed by atoms with Crippen molar-refractivity contribution in [2.75, 3.05) is 19.1 Å². The van der Waals surface area contributed by atoms with Crippen LogP contribution in [-0.4, -0.2) is 30.1 Å². The Kier molecular flexibility index (Phi) is 4.42. The molecule has 1 heterocycles. The highest BCUT2D eigenvalue weighted by Gasteiger charge is 2.21. The number of carbonyl (C=O) groups is 1. The van der Waals surface area contributed by atoms with Gasteiger partial charge in [-0.1, -0.05) is 0 Å². The van der Waals surface area contributed by atoms with E-state index >= 15 is 0 Å². The zero-order valence-corrected chi connectivity index (χ0v) is 10.3. The molecule has 0 atom stereocenters. The second kappa shape index (κ2) is 5.60. The molecule has 6 nitrogen and oxygen atoms in total. The van der Waals surface area contributed by atoms with E-state index in [1.165, 1.54) is 6.20 Å². The fourth-order valence-corrected chi connectivity index (χ4v) is 1.39. The highest BCUT2D eigenvalue weighted by Crippen LogP contribution is 2.07. The van der Waals surface area contributed by atoms with Crippen molar-refractivity contribution in [3.8, 4) is 0 Å². The standard InChI is InChI=1S/C11H18N4O2/c1-11(2,7-17-3)14-10(16)8-4-5-9(15-12)13-6-8/h4-6H,7,12H2,1-3H3,(H,13,15)(H,14,16). The smallest absolute Gasteiger partial charge is 0.253 e. The number of methoxy groups -OCH3 is 1. The summed E-state index contributed by atoms with van der Waals surface area (Å²) in [7, 11) is 1.59. The van der Waals surface area contributed by atoms with Gasteiger partial charge in [-0.3, -0.25) is 4.79 Å². The summed E-state index contributed by atoms with van der Waals surface area (Å²) < 4.78 is 5.02. The third-order valence-electron chi connectivity index (χ3n) is 2.13. The number of nitrogens with zero attached hydrogens (tertiary/aromatic N) is 1. The van der Waals surface area contributed by atoms with Gasteiger partial charge in [0, 0.05) is 13.3 Å². The van der Waals surface area contributed by atoms with Gasteiger partial charge in [0.15, 0.2) is 0 Å². The lowest BCUT2D eigenvalue weighted by molar-refractivity contribution is 0.0819. The molecule has 94 valence electrons. The molecule has 0 bridgehead atoms. The largest absolute Gasteiger partial charge is 0.382 e. The number of hydrogen-bond donors (Lipinski definition) is 3. The SMILES string of the molecule is COCC(C)(C)NC(=O)c1ccc(NN)nc1. The highest BCUT2D eigenvalue weighted by molar-refractivity contribution is 5.94. The molecule has 1 aromatic heterocycles. The van der Waals surface area contributed by atoms with Crippen LogP contribution in [0.4, 0.5) is 5.82 Å². The van der Waals surface area contributed by atoms with Gasteiger partial charge in [0.2, 0.25) is 0 Å². The summed E-state index contributed by atoms with van der Waals surface area (Å²) in [5, 5.41) is 2.86. The van der Waals surface area contributed by atoms with Gasteiger partial charge in [0.25, 0.3) is 5.91 Å². The van der Waals surface area contributed by atoms with Crippen molar-refractivity contribution in [2.24, 2.45) is 5.84 Å². The van der Waals surface area contributed by atoms with Crippen LogP contribution >= 0.6 is 0 Å². The van der Waals surface area contributed by atoms with Crippen molar-refractivity contribution in [2.45, 2.75) is 19.4 Å². The normalized spacial score (nSPS) is 11.1. The Morgan fingerprint density at radius 1 is 1.53 bits per heavy atom. The lowest BCUT2D eigenvalue weighted by Crippen LogP contribution is -2.46. The van der Waals surface area contributed by atoms with Crippen LogP contribution < -0.4 is 16.6 Å². The van der Waals surface area contributed by atoms with E-state index in [9.17, 15) is 4.79 Å². The Balaban J connectivity index is 2.69. The molecule has 17 heavy (non-hydrogen) atoms. The maximum absolute atomic E-state index is 11.9. The van der Waals surface area contributed by atoms with Crippen molar-refractivity contribution in [3.63, 3.8) is 0 Å². The zero-order chi connectivity index (χ0) is 12.9. The third kappa shape index (κ3) is 4.01. The van der Waals surface area contributed by atoms with E-state index in [4.69, 9.17) is 10.6 Å². The molecule has 0 fully saturated rings. The summed E-state index contributed by atoms with van der Waals surface area (Å²) in [5.74, 6) is 5.51. The van der Waals surface area contributed by atoms with Gasteiger partial charge in [-0.25, -0.2) is 10.8 Å². The van der Waals surface area contributed by atoms with Crippen LogP contribution in [-0.2, 0) is 4.74 Å². The fraction of sp³-hybridized carbons (Fsp3) is 0.455. The van der Waals surface area contributed by atoms with Gasteiger partial charge >= 0.3 is 0 Å². The predicted molar refractivity (Wildman–Crippen MR) is 65.5 cm³/mol. The number of aromatic nitrogens is 1. The molecule has 1 rings (SSSR count). The summed E-state index contributed by atoms with van der Waals surface area (Å²) >= 11 is 0. The zero-order valence-electron chi connectivity index (χ0n) is 10.3. The quantitative estimate of drug-likeness (QED) is 0.514. The number of hydrogen-bond acceptors (Lipinski definition) is 5. The molecular formula is C11H18N4O2. The molecule has 4 N–H and O–H groups in total. The van der Waals surface area contributed by atoms with Gasteiger partial charge < -0.3 is 15.5 Å². The van der Waals surface area contributed by atoms with Gasteiger partial charge in [-0.2, -0.15) is 0 Å². The average molecular weight is 238 g/mol. The Labute approximate surface area is 101 Å². The number of nitrogens with two attached hydrogens (primary N) is 1. The van der Waals surface area contributed by atoms with Crippen molar-refractivity contribution in [3.05, 3.63) is 23.9 Å². The number of ether oxygens (including phenoxy) is 1. The molecule has 0 saturated heterocycles. The average Bonchev–Trinajstić information content (AvgIpc) is 2.28. The molecule has 0 spiro atoms. The van der Waals surface area contributed by atoms with E-state index in [2.05, 4.69) is 15.7 Å². The molecule has 0 radical (unpaired) electrons. The summed E-state index contributed by atoms with van der Waals surface area (Å²) in [6.07, 6.45) is 1.47. The van der Waals surface area contributed by atoms with E-state index in [0.717, 1.165) is 0 Å². The van der Waals surface area contributed by atoms with Crippen LogP contribution in [0.5, 0.6) is 0 Å². The minimum Gasteiger partial charge on any atom is -0.382 e. The monoisotopic (exact) mass is 238 g/mol. The molecule has 0 saturated carbocycles. The van der Waals surface area contributed by atoms with E-state index in [0.29, 0.717) is 18.0 Å². The van der Waals surface area contributed by atoms with E-state index in [1.54, 1.807) is 19.2 Å². The van der Waals surface area contributed by atoms with Crippen LogP contribution in [0.15, 0.2) is 18.3 Å². The van der Waals surface area contributed by atoms with E-state index < -0.39 is 5.54 Å². The Bertz CT molecular complexity index is 376. The number of pyridine rings is 1. The molecule has 0 unspecified atom stereocenters. The first-order valence-corrected chi connectivity index (χ1v) is 5.22. The molecule has 1 amide bonds. The topological polar surface area (TPSA) is 89.3 Å². The van der Waals surface area contributed by atoms with Crippen LogP contribution in [0, 0.1) is 0 Å². The maximum Gasteiger partial charge on any atom is 0.253 e. The molecule has 0 aliphatic carbocycles. The highest BCUT2D eigenvalue weighted by atomic mass is 16.5. The van der Waals surface area contributed by atoms with Crippen molar-refractivity contribution in [1.29, 1.82) is 0 Å². The van der Waals surface area contributed by atoms with Crippen LogP contribution in [0.2, 0.25) is 0 Å². The van der Waals surface area contributed by atoms with Crippen LogP contribution in [0.3, 0.4) is 0 Å². The van der Waals surface area contributed by atoms with Gasteiger partial charge in [-0.05, 0) is 26.0 Å². The number of amides is 1. The predicted octanol–water partition coefficient (Wildman–Crippen LogP) is 0.522. The molecule has 1 aromatic rings. The second-order valence-electron chi connectivity index (χ2n) is 4.35. The number of carbonyl (C=O) groups excluding carboxylic acids is 1. The summed E-state index contributed by atoms with van der Waals surface area (Å²) in [5.41, 5.74) is 2.46. The molecule has 0 aliphatic rings. The summed E-state index contributed by atoms with van der Waals surface area (Å²) in [4.78, 5) is 15.8. The van der Waals surface area contributed by atoms with Crippen molar-refractivity contribution in [1.82, 2.24) is 10.3 Å². The van der Waals surface area contributed by atoms with E-state index in [1.807, 2.05) is 13.8 Å². The Morgan fingerprint density at radius 2 is 2.24 bits per heavy atom. The maximum atomic E-state index is 11.9. The first-order chi connectivity index (χ1) is 7.98. The number of nitrogens with one attached hydrogen (secondary N) is 2. The van der Waals surface area contributed by atoms with Crippen molar-refractivity contribution >= 4 is 11.7 Å². The number of hydrazine groups is 1. The van der Waals surface area contributed by atoms with Gasteiger partial charge in [-0.15, -0.1) is 0 Å². The Hall–Kier alpha value is -1.66. The minimum absolute atomic E-state index is 0.192. The van der Waals surface area contributed by atoms with Gasteiger partial charge in [0.1, 0.15) is 5.82 Å². The van der Waals surface area contributed by atoms with E-state index in [-0.39, 0.29) is 5.91 Å². The summed E-state index contributed by atoms with van der Waals surface area (Å²) in [6, 6.07) is 3.29. The molecule has 0 aliphatic heterocycles. The first-order valence-electron chi connectivity index (χ1n) is 5.22. The molecule has 0 aromatic carbocycles. The third-order valence-corrected chi connectivity index (χ3v) is 2.13. The lowest BCUT2D eigenvalue weighted by atomic mass is 10.1. The van der Waals surface area contributed by atoms with Crippen LogP contribution in [0.25, 0.3) is 0 Å². The van der Waals surface area contributed by atoms with Crippen molar-refractivity contribution < 1.29 is 9.53 Å². The number of nitrogen functional groups attached to an aromatic ring is 1. The number of rotatable bonds is 5. The lowest BCUT2D eigenvalue weighted by Gasteiger charge is -2.25. The summed E-state index contributed by atoms with van der Waals surface area (Å²) in [6.45, 7) is 4.21. The fourth-order valence-electron chi connectivity index (χ4n) is 1.39. The molecule has 6 heteroatoms.